The van der Waals surface area contributed by atoms with Gasteiger partial charge in [-0.2, -0.15) is 0 Å². The fourth-order valence-electron chi connectivity index (χ4n) is 1.70. The second kappa shape index (κ2) is 3.29. The number of carbonyl (C=O) groups excluding carboxylic acids is 1. The molecule has 2 rings (SSSR count). The Labute approximate surface area is 83.2 Å². The first kappa shape index (κ1) is 9.00. The molecule has 1 aromatic rings. The van der Waals surface area contributed by atoms with Crippen LogP contribution in [0.5, 0.6) is 0 Å². The Morgan fingerprint density at radius 3 is 2.29 bits per heavy atom. The van der Waals surface area contributed by atoms with Crippen LogP contribution in [-0.4, -0.2) is 5.97 Å². The summed E-state index contributed by atoms with van der Waals surface area (Å²) >= 11 is 0. The normalized spacial score (nSPS) is 21.3. The molecule has 0 aliphatic carbocycles. The lowest BCUT2D eigenvalue weighted by Crippen LogP contribution is -2.08. The molecule has 0 aromatic heterocycles. The van der Waals surface area contributed by atoms with Crippen molar-refractivity contribution in [2.75, 3.05) is 0 Å². The third-order valence-electron chi connectivity index (χ3n) is 2.61. The summed E-state index contributed by atoms with van der Waals surface area (Å²) in [4.78, 5) is 11.5. The van der Waals surface area contributed by atoms with E-state index in [9.17, 15) is 4.79 Å². The minimum absolute atomic E-state index is 0.161. The zero-order chi connectivity index (χ0) is 10.1. The van der Waals surface area contributed by atoms with Crippen molar-refractivity contribution < 1.29 is 9.53 Å². The zero-order valence-electron chi connectivity index (χ0n) is 8.28. The van der Waals surface area contributed by atoms with Gasteiger partial charge in [-0.25, -0.2) is 0 Å². The third kappa shape index (κ3) is 1.33. The molecular formula is C12H12O2. The van der Waals surface area contributed by atoms with Crippen LogP contribution in [0.2, 0.25) is 0 Å². The van der Waals surface area contributed by atoms with Crippen molar-refractivity contribution in [1.82, 2.24) is 0 Å². The van der Waals surface area contributed by atoms with E-state index in [2.05, 4.69) is 0 Å². The molecule has 0 N–H and O–H groups in total. The van der Waals surface area contributed by atoms with Gasteiger partial charge in [0.25, 0.3) is 0 Å². The number of hydrogen-bond acceptors (Lipinski definition) is 2. The van der Waals surface area contributed by atoms with Crippen LogP contribution in [0.3, 0.4) is 0 Å². The van der Waals surface area contributed by atoms with Crippen molar-refractivity contribution in [3.63, 3.8) is 0 Å². The molecule has 0 saturated heterocycles. The molecule has 1 unspecified atom stereocenters. The maximum Gasteiger partial charge on any atom is 0.322 e. The van der Waals surface area contributed by atoms with Gasteiger partial charge in [0.15, 0.2) is 0 Å². The summed E-state index contributed by atoms with van der Waals surface area (Å²) in [6.45, 7) is 3.77. The molecule has 0 saturated carbocycles. The Balaban J connectivity index is 2.41. The molecule has 0 radical (unpaired) electrons. The molecule has 1 aliphatic heterocycles. The summed E-state index contributed by atoms with van der Waals surface area (Å²) in [5.74, 6) is 0.381. The van der Waals surface area contributed by atoms with Gasteiger partial charge < -0.3 is 4.74 Å². The molecule has 1 atom stereocenters. The van der Waals surface area contributed by atoms with Gasteiger partial charge in [0.2, 0.25) is 0 Å². The second-order valence-corrected chi connectivity index (χ2v) is 3.50. The number of allylic oxidation sites excluding steroid dienone is 1. The smallest absolute Gasteiger partial charge is 0.322 e. The molecule has 1 heterocycles. The third-order valence-corrected chi connectivity index (χ3v) is 2.61. The SMILES string of the molecule is CC1=C(C)C(c2ccccc2)C(=O)O1. The summed E-state index contributed by atoms with van der Waals surface area (Å²) in [7, 11) is 0. The van der Waals surface area contributed by atoms with Crippen LogP contribution in [0.4, 0.5) is 0 Å². The number of benzene rings is 1. The molecule has 1 aromatic carbocycles. The van der Waals surface area contributed by atoms with E-state index in [1.165, 1.54) is 0 Å². The van der Waals surface area contributed by atoms with Gasteiger partial charge in [0, 0.05) is 0 Å². The number of cyclic esters (lactones) is 1. The maximum atomic E-state index is 11.5. The lowest BCUT2D eigenvalue weighted by Gasteiger charge is -2.07. The zero-order valence-corrected chi connectivity index (χ0v) is 8.28. The summed E-state index contributed by atoms with van der Waals surface area (Å²) in [6, 6.07) is 9.71. The van der Waals surface area contributed by atoms with Crippen LogP contribution in [0.15, 0.2) is 41.7 Å². The predicted octanol–water partition coefficient (Wildman–Crippen LogP) is 2.62. The number of esters is 1. The monoisotopic (exact) mass is 188 g/mol. The summed E-state index contributed by atoms with van der Waals surface area (Å²) in [5, 5.41) is 0. The molecule has 72 valence electrons. The van der Waals surface area contributed by atoms with Crippen molar-refractivity contribution in [2.45, 2.75) is 19.8 Å². The van der Waals surface area contributed by atoms with E-state index in [-0.39, 0.29) is 11.9 Å². The molecule has 2 nitrogen and oxygen atoms in total. The molecule has 0 fully saturated rings. The quantitative estimate of drug-likeness (QED) is 0.633. The molecular weight excluding hydrogens is 176 g/mol. The van der Waals surface area contributed by atoms with E-state index in [1.54, 1.807) is 0 Å². The fourth-order valence-corrected chi connectivity index (χ4v) is 1.70. The molecule has 2 heteroatoms. The molecule has 0 bridgehead atoms. The predicted molar refractivity (Wildman–Crippen MR) is 53.6 cm³/mol. The largest absolute Gasteiger partial charge is 0.431 e. The van der Waals surface area contributed by atoms with Crippen molar-refractivity contribution >= 4 is 5.97 Å². The highest BCUT2D eigenvalue weighted by atomic mass is 16.5. The van der Waals surface area contributed by atoms with Crippen molar-refractivity contribution in [3.05, 3.63) is 47.2 Å². The Bertz CT molecular complexity index is 390. The minimum Gasteiger partial charge on any atom is -0.431 e. The number of carbonyl (C=O) groups is 1. The highest BCUT2D eigenvalue weighted by molar-refractivity contribution is 5.85. The number of ether oxygens (including phenoxy) is 1. The van der Waals surface area contributed by atoms with Gasteiger partial charge in [-0.1, -0.05) is 30.3 Å². The first-order valence-electron chi connectivity index (χ1n) is 4.64. The van der Waals surface area contributed by atoms with Crippen LogP contribution in [0.1, 0.15) is 25.3 Å². The van der Waals surface area contributed by atoms with E-state index in [1.807, 2.05) is 44.2 Å². The van der Waals surface area contributed by atoms with Gasteiger partial charge in [0.1, 0.15) is 11.7 Å². The van der Waals surface area contributed by atoms with E-state index >= 15 is 0 Å². The van der Waals surface area contributed by atoms with Gasteiger partial charge in [-0.3, -0.25) is 4.79 Å². The average molecular weight is 188 g/mol. The van der Waals surface area contributed by atoms with Crippen molar-refractivity contribution in [3.8, 4) is 0 Å². The molecule has 1 aliphatic rings. The lowest BCUT2D eigenvalue weighted by molar-refractivity contribution is -0.137. The van der Waals surface area contributed by atoms with Crippen LogP contribution < -0.4 is 0 Å². The van der Waals surface area contributed by atoms with Gasteiger partial charge in [-0.05, 0) is 25.0 Å². The van der Waals surface area contributed by atoms with Crippen molar-refractivity contribution in [2.24, 2.45) is 0 Å². The van der Waals surface area contributed by atoms with Gasteiger partial charge in [0.05, 0.1) is 0 Å². The van der Waals surface area contributed by atoms with Crippen LogP contribution in [0.25, 0.3) is 0 Å². The Hall–Kier alpha value is -1.57. The lowest BCUT2D eigenvalue weighted by atomic mass is 9.93. The fraction of sp³-hybridized carbons (Fsp3) is 0.250. The summed E-state index contributed by atoms with van der Waals surface area (Å²) in [6.07, 6.45) is 0. The highest BCUT2D eigenvalue weighted by Gasteiger charge is 2.31. The Kier molecular flexibility index (Phi) is 2.12. The highest BCUT2D eigenvalue weighted by Crippen LogP contribution is 2.34. The van der Waals surface area contributed by atoms with Crippen molar-refractivity contribution in [1.29, 1.82) is 0 Å². The van der Waals surface area contributed by atoms with E-state index < -0.39 is 0 Å². The van der Waals surface area contributed by atoms with Gasteiger partial charge in [-0.15, -0.1) is 0 Å². The van der Waals surface area contributed by atoms with E-state index in [0.717, 1.165) is 16.9 Å². The Morgan fingerprint density at radius 1 is 1.14 bits per heavy atom. The topological polar surface area (TPSA) is 26.3 Å². The number of rotatable bonds is 1. The molecule has 0 amide bonds. The van der Waals surface area contributed by atoms with Crippen LogP contribution >= 0.6 is 0 Å². The van der Waals surface area contributed by atoms with Gasteiger partial charge >= 0.3 is 5.97 Å². The molecule has 0 spiro atoms. The number of hydrogen-bond donors (Lipinski definition) is 0. The Morgan fingerprint density at radius 2 is 1.79 bits per heavy atom. The van der Waals surface area contributed by atoms with E-state index in [4.69, 9.17) is 4.74 Å². The van der Waals surface area contributed by atoms with Crippen LogP contribution in [-0.2, 0) is 9.53 Å². The second-order valence-electron chi connectivity index (χ2n) is 3.50. The standard InChI is InChI=1S/C12H12O2/c1-8-9(2)14-12(13)11(8)10-6-4-3-5-7-10/h3-7,11H,1-2H3. The maximum absolute atomic E-state index is 11.5. The summed E-state index contributed by atoms with van der Waals surface area (Å²) < 4.78 is 5.08. The van der Waals surface area contributed by atoms with Crippen LogP contribution in [0, 0.1) is 0 Å². The minimum atomic E-state index is -0.198. The molecule has 14 heavy (non-hydrogen) atoms. The first-order chi connectivity index (χ1) is 6.70. The summed E-state index contributed by atoms with van der Waals surface area (Å²) in [5.41, 5.74) is 2.02. The average Bonchev–Trinajstić information content (AvgIpc) is 2.43. The first-order valence-corrected chi connectivity index (χ1v) is 4.64. The van der Waals surface area contributed by atoms with E-state index in [0.29, 0.717) is 0 Å².